The number of morpholine rings is 1. The van der Waals surface area contributed by atoms with Crippen LogP contribution in [0.15, 0.2) is 24.3 Å². The van der Waals surface area contributed by atoms with Gasteiger partial charge in [-0.1, -0.05) is 12.1 Å². The Bertz CT molecular complexity index is 560. The Kier molecular flexibility index (Phi) is 5.36. The number of urea groups is 1. The molecule has 1 aromatic rings. The van der Waals surface area contributed by atoms with Gasteiger partial charge >= 0.3 is 6.03 Å². The minimum atomic E-state index is -0.483. The monoisotopic (exact) mass is 336 g/mol. The van der Waals surface area contributed by atoms with E-state index in [-0.39, 0.29) is 23.9 Å². The molecular weight excluding hydrogens is 311 g/mol. The van der Waals surface area contributed by atoms with Crippen LogP contribution in [0.25, 0.3) is 0 Å². The molecule has 132 valence electrons. The first-order valence-electron chi connectivity index (χ1n) is 8.63. The van der Waals surface area contributed by atoms with Crippen molar-refractivity contribution in [1.29, 1.82) is 0 Å². The Labute approximate surface area is 141 Å². The molecule has 2 amide bonds. The molecule has 24 heavy (non-hydrogen) atoms. The van der Waals surface area contributed by atoms with Crippen molar-refractivity contribution in [3.63, 3.8) is 0 Å². The quantitative estimate of drug-likeness (QED) is 0.868. The predicted molar refractivity (Wildman–Crippen MR) is 88.0 cm³/mol. The van der Waals surface area contributed by atoms with E-state index in [4.69, 9.17) is 4.74 Å². The number of hydrogen-bond acceptors (Lipinski definition) is 3. The van der Waals surface area contributed by atoms with Crippen molar-refractivity contribution in [3.05, 3.63) is 35.6 Å². The smallest absolute Gasteiger partial charge is 0.318 e. The van der Waals surface area contributed by atoms with Crippen LogP contribution in [0.1, 0.15) is 37.8 Å². The molecule has 3 rings (SSSR count). The van der Waals surface area contributed by atoms with Gasteiger partial charge in [0, 0.05) is 6.54 Å². The maximum Gasteiger partial charge on any atom is 0.318 e. The number of carbonyl (C=O) groups is 1. The van der Waals surface area contributed by atoms with Crippen LogP contribution >= 0.6 is 0 Å². The summed E-state index contributed by atoms with van der Waals surface area (Å²) in [7, 11) is 0. The van der Waals surface area contributed by atoms with Crippen LogP contribution in [0.4, 0.5) is 9.18 Å². The molecular formula is C18H25FN2O3. The standard InChI is InChI=1S/C18H25FN2O3/c1-12(22)10-16-11-24-9-8-21(16)18(23)20-17(13-2-3-13)14-4-6-15(19)7-5-14/h4-7,12-13,16-17,22H,2-3,8-11H2,1H3,(H,20,23)/t12-,16+,17-/m0/s1. The Morgan fingerprint density at radius 2 is 2.12 bits per heavy atom. The molecule has 1 saturated heterocycles. The molecule has 0 bridgehead atoms. The summed E-state index contributed by atoms with van der Waals surface area (Å²) in [6.07, 6.45) is 2.16. The van der Waals surface area contributed by atoms with Crippen LogP contribution in [-0.2, 0) is 4.74 Å². The van der Waals surface area contributed by atoms with Gasteiger partial charge in [0.15, 0.2) is 0 Å². The van der Waals surface area contributed by atoms with Gasteiger partial charge < -0.3 is 20.1 Å². The fourth-order valence-corrected chi connectivity index (χ4v) is 3.30. The van der Waals surface area contributed by atoms with Gasteiger partial charge in [0.2, 0.25) is 0 Å². The number of aliphatic hydroxyl groups is 1. The summed E-state index contributed by atoms with van der Waals surface area (Å²) >= 11 is 0. The lowest BCUT2D eigenvalue weighted by Gasteiger charge is -2.37. The molecule has 5 nitrogen and oxygen atoms in total. The third-order valence-electron chi connectivity index (χ3n) is 4.70. The van der Waals surface area contributed by atoms with Gasteiger partial charge in [-0.25, -0.2) is 9.18 Å². The number of nitrogens with zero attached hydrogens (tertiary/aromatic N) is 1. The Balaban J connectivity index is 1.69. The zero-order valence-corrected chi connectivity index (χ0v) is 14.0. The predicted octanol–water partition coefficient (Wildman–Crippen LogP) is 2.46. The molecule has 1 aliphatic heterocycles. The highest BCUT2D eigenvalue weighted by Gasteiger charge is 2.36. The molecule has 0 unspecified atom stereocenters. The van der Waals surface area contributed by atoms with Crippen LogP contribution in [0.3, 0.4) is 0 Å². The average Bonchev–Trinajstić information content (AvgIpc) is 3.38. The molecule has 0 radical (unpaired) electrons. The van der Waals surface area contributed by atoms with Crippen molar-refractivity contribution in [3.8, 4) is 0 Å². The fourth-order valence-electron chi connectivity index (χ4n) is 3.30. The van der Waals surface area contributed by atoms with Crippen LogP contribution in [0.5, 0.6) is 0 Å². The molecule has 2 aliphatic rings. The highest BCUT2D eigenvalue weighted by molar-refractivity contribution is 5.75. The van der Waals surface area contributed by atoms with E-state index in [2.05, 4.69) is 5.32 Å². The van der Waals surface area contributed by atoms with Crippen molar-refractivity contribution < 1.29 is 19.0 Å². The summed E-state index contributed by atoms with van der Waals surface area (Å²) in [4.78, 5) is 14.5. The maximum absolute atomic E-state index is 13.2. The summed E-state index contributed by atoms with van der Waals surface area (Å²) in [6.45, 7) is 3.19. The van der Waals surface area contributed by atoms with Gasteiger partial charge in [-0.3, -0.25) is 0 Å². The number of nitrogens with one attached hydrogen (secondary N) is 1. The van der Waals surface area contributed by atoms with E-state index in [0.29, 0.717) is 32.1 Å². The Hall–Kier alpha value is -1.66. The highest BCUT2D eigenvalue weighted by atomic mass is 19.1. The second kappa shape index (κ2) is 7.49. The van der Waals surface area contributed by atoms with Gasteiger partial charge in [0.25, 0.3) is 0 Å². The van der Waals surface area contributed by atoms with Crippen LogP contribution in [0, 0.1) is 11.7 Å². The zero-order valence-electron chi connectivity index (χ0n) is 14.0. The SMILES string of the molecule is C[C@H](O)C[C@@H]1COCCN1C(=O)N[C@H](c1ccc(F)cc1)C1CC1. The molecule has 1 aliphatic carbocycles. The Morgan fingerprint density at radius 1 is 1.42 bits per heavy atom. The molecule has 2 fully saturated rings. The van der Waals surface area contributed by atoms with E-state index >= 15 is 0 Å². The fraction of sp³-hybridized carbons (Fsp3) is 0.611. The first kappa shape index (κ1) is 17.2. The highest BCUT2D eigenvalue weighted by Crippen LogP contribution is 2.41. The van der Waals surface area contributed by atoms with Crippen molar-refractivity contribution in [1.82, 2.24) is 10.2 Å². The lowest BCUT2D eigenvalue weighted by Crippen LogP contribution is -2.54. The second-order valence-electron chi connectivity index (χ2n) is 6.82. The van der Waals surface area contributed by atoms with E-state index < -0.39 is 6.10 Å². The maximum atomic E-state index is 13.2. The van der Waals surface area contributed by atoms with Gasteiger partial charge in [-0.2, -0.15) is 0 Å². The van der Waals surface area contributed by atoms with E-state index in [9.17, 15) is 14.3 Å². The number of carbonyl (C=O) groups excluding carboxylic acids is 1. The average molecular weight is 336 g/mol. The first-order chi connectivity index (χ1) is 11.5. The van der Waals surface area contributed by atoms with Crippen LogP contribution in [-0.4, -0.2) is 47.9 Å². The minimum absolute atomic E-state index is 0.0897. The summed E-state index contributed by atoms with van der Waals surface area (Å²) in [5.41, 5.74) is 0.938. The summed E-state index contributed by atoms with van der Waals surface area (Å²) in [5.74, 6) is 0.139. The summed E-state index contributed by atoms with van der Waals surface area (Å²) < 4.78 is 18.6. The molecule has 0 spiro atoms. The molecule has 1 aromatic carbocycles. The minimum Gasteiger partial charge on any atom is -0.393 e. The van der Waals surface area contributed by atoms with Crippen LogP contribution in [0.2, 0.25) is 0 Å². The van der Waals surface area contributed by atoms with E-state index in [1.807, 2.05) is 0 Å². The third-order valence-corrected chi connectivity index (χ3v) is 4.70. The number of halogens is 1. The van der Waals surface area contributed by atoms with Gasteiger partial charge in [0.05, 0.1) is 31.4 Å². The van der Waals surface area contributed by atoms with Gasteiger partial charge in [0.1, 0.15) is 5.82 Å². The number of aliphatic hydroxyl groups excluding tert-OH is 1. The topological polar surface area (TPSA) is 61.8 Å². The number of hydrogen-bond donors (Lipinski definition) is 2. The molecule has 2 N–H and O–H groups in total. The zero-order chi connectivity index (χ0) is 17.1. The van der Waals surface area contributed by atoms with E-state index in [1.165, 1.54) is 12.1 Å². The van der Waals surface area contributed by atoms with Crippen LogP contribution < -0.4 is 5.32 Å². The van der Waals surface area contributed by atoms with Crippen molar-refractivity contribution >= 4 is 6.03 Å². The molecule has 3 atom stereocenters. The first-order valence-corrected chi connectivity index (χ1v) is 8.63. The van der Waals surface area contributed by atoms with E-state index in [0.717, 1.165) is 18.4 Å². The number of amides is 2. The second-order valence-corrected chi connectivity index (χ2v) is 6.82. The summed E-state index contributed by atoms with van der Waals surface area (Å²) in [6, 6.07) is 6.00. The number of benzene rings is 1. The lowest BCUT2D eigenvalue weighted by molar-refractivity contribution is -0.00497. The number of ether oxygens (including phenoxy) is 1. The molecule has 6 heteroatoms. The van der Waals surface area contributed by atoms with Gasteiger partial charge in [-0.05, 0) is 49.8 Å². The third kappa shape index (κ3) is 4.24. The summed E-state index contributed by atoms with van der Waals surface area (Å²) in [5, 5.41) is 12.8. The number of rotatable bonds is 5. The largest absolute Gasteiger partial charge is 0.393 e. The van der Waals surface area contributed by atoms with E-state index in [1.54, 1.807) is 24.0 Å². The normalized spacial score (nSPS) is 23.6. The van der Waals surface area contributed by atoms with Crippen molar-refractivity contribution in [2.45, 2.75) is 44.4 Å². The molecule has 1 saturated carbocycles. The van der Waals surface area contributed by atoms with Crippen molar-refractivity contribution in [2.24, 2.45) is 5.92 Å². The molecule has 1 heterocycles. The Morgan fingerprint density at radius 3 is 2.75 bits per heavy atom. The molecule has 0 aromatic heterocycles. The lowest BCUT2D eigenvalue weighted by atomic mass is 10.0. The van der Waals surface area contributed by atoms with Crippen molar-refractivity contribution in [2.75, 3.05) is 19.8 Å². The van der Waals surface area contributed by atoms with Gasteiger partial charge in [-0.15, -0.1) is 0 Å².